The second-order valence-electron chi connectivity index (χ2n) is 3.87. The largest absolute Gasteiger partial charge is 0.381 e. The standard InChI is InChI=1S/C11H18N4O2S/c1-3-8(7-18-2)13-9-4-10(14-12)6-11(5-9)15(16)17/h4-6,8,13-14H,3,7,12H2,1-2H3. The molecule has 0 spiro atoms. The number of hydrogen-bond donors (Lipinski definition) is 3. The van der Waals surface area contributed by atoms with Gasteiger partial charge < -0.3 is 10.7 Å². The van der Waals surface area contributed by atoms with Crippen LogP contribution in [0.2, 0.25) is 0 Å². The zero-order valence-corrected chi connectivity index (χ0v) is 11.3. The van der Waals surface area contributed by atoms with Crippen molar-refractivity contribution in [1.29, 1.82) is 0 Å². The maximum atomic E-state index is 10.8. The monoisotopic (exact) mass is 270 g/mol. The highest BCUT2D eigenvalue weighted by molar-refractivity contribution is 7.98. The Hall–Kier alpha value is -1.47. The summed E-state index contributed by atoms with van der Waals surface area (Å²) < 4.78 is 0. The Bertz CT molecular complexity index is 414. The number of nitro benzene ring substituents is 1. The molecule has 0 saturated heterocycles. The first-order valence-corrected chi connectivity index (χ1v) is 7.01. The van der Waals surface area contributed by atoms with Gasteiger partial charge in [0, 0.05) is 29.6 Å². The van der Waals surface area contributed by atoms with Crippen LogP contribution in [0.5, 0.6) is 0 Å². The first kappa shape index (κ1) is 14.6. The Kier molecular flexibility index (Phi) is 5.73. The van der Waals surface area contributed by atoms with Gasteiger partial charge in [0.05, 0.1) is 10.6 Å². The number of nitrogens with one attached hydrogen (secondary N) is 2. The van der Waals surface area contributed by atoms with Gasteiger partial charge in [-0.15, -0.1) is 0 Å². The Morgan fingerprint density at radius 2 is 2.11 bits per heavy atom. The summed E-state index contributed by atoms with van der Waals surface area (Å²) in [5.41, 5.74) is 3.68. The molecule has 1 aromatic rings. The van der Waals surface area contributed by atoms with Crippen LogP contribution in [-0.2, 0) is 0 Å². The van der Waals surface area contributed by atoms with Crippen molar-refractivity contribution in [3.8, 4) is 0 Å². The molecule has 1 rings (SSSR count). The molecule has 7 heteroatoms. The van der Waals surface area contributed by atoms with E-state index < -0.39 is 4.92 Å². The summed E-state index contributed by atoms with van der Waals surface area (Å²) in [5.74, 6) is 6.25. The molecule has 6 nitrogen and oxygen atoms in total. The van der Waals surface area contributed by atoms with Crippen LogP contribution in [0, 0.1) is 10.1 Å². The molecule has 18 heavy (non-hydrogen) atoms. The number of thioether (sulfide) groups is 1. The zero-order valence-electron chi connectivity index (χ0n) is 10.5. The van der Waals surface area contributed by atoms with Crippen molar-refractivity contribution in [1.82, 2.24) is 0 Å². The SMILES string of the molecule is CCC(CSC)Nc1cc(NN)cc([N+](=O)[O-])c1. The van der Waals surface area contributed by atoms with Crippen LogP contribution in [0.15, 0.2) is 18.2 Å². The molecule has 1 atom stereocenters. The van der Waals surface area contributed by atoms with Gasteiger partial charge in [0.1, 0.15) is 0 Å². The second-order valence-corrected chi connectivity index (χ2v) is 4.79. The van der Waals surface area contributed by atoms with Gasteiger partial charge in [0.2, 0.25) is 0 Å². The lowest BCUT2D eigenvalue weighted by Crippen LogP contribution is -2.21. The zero-order chi connectivity index (χ0) is 13.5. The van der Waals surface area contributed by atoms with E-state index in [9.17, 15) is 10.1 Å². The fraction of sp³-hybridized carbons (Fsp3) is 0.455. The molecule has 0 aliphatic rings. The van der Waals surface area contributed by atoms with Crippen molar-refractivity contribution < 1.29 is 4.92 Å². The number of nitro groups is 1. The Labute approximate surface area is 110 Å². The molecule has 0 amide bonds. The Balaban J connectivity index is 2.93. The predicted octanol–water partition coefficient (Wildman–Crippen LogP) is 2.43. The maximum absolute atomic E-state index is 10.8. The topological polar surface area (TPSA) is 93.2 Å². The summed E-state index contributed by atoms with van der Waals surface area (Å²) in [5, 5.41) is 14.1. The first-order chi connectivity index (χ1) is 8.60. The van der Waals surface area contributed by atoms with Crippen molar-refractivity contribution in [2.24, 2.45) is 5.84 Å². The van der Waals surface area contributed by atoms with Crippen molar-refractivity contribution in [3.63, 3.8) is 0 Å². The summed E-state index contributed by atoms with van der Waals surface area (Å²) in [6, 6.07) is 4.97. The first-order valence-electron chi connectivity index (χ1n) is 5.62. The van der Waals surface area contributed by atoms with E-state index in [0.717, 1.165) is 12.2 Å². The Morgan fingerprint density at radius 1 is 1.44 bits per heavy atom. The van der Waals surface area contributed by atoms with Gasteiger partial charge in [-0.05, 0) is 18.7 Å². The van der Waals surface area contributed by atoms with Gasteiger partial charge in [0.15, 0.2) is 0 Å². The molecule has 0 aromatic heterocycles. The smallest absolute Gasteiger partial charge is 0.273 e. The van der Waals surface area contributed by atoms with Crippen LogP contribution in [0.4, 0.5) is 17.1 Å². The fourth-order valence-corrected chi connectivity index (χ4v) is 2.30. The van der Waals surface area contributed by atoms with Crippen LogP contribution in [0.25, 0.3) is 0 Å². The van der Waals surface area contributed by atoms with Crippen molar-refractivity contribution in [2.45, 2.75) is 19.4 Å². The highest BCUT2D eigenvalue weighted by atomic mass is 32.2. The normalized spacial score (nSPS) is 11.9. The molecule has 0 fully saturated rings. The van der Waals surface area contributed by atoms with Crippen LogP contribution in [0.1, 0.15) is 13.3 Å². The number of hydrogen-bond acceptors (Lipinski definition) is 6. The minimum Gasteiger partial charge on any atom is -0.381 e. The molecule has 0 aliphatic carbocycles. The third-order valence-electron chi connectivity index (χ3n) is 2.53. The predicted molar refractivity (Wildman–Crippen MR) is 77.0 cm³/mol. The summed E-state index contributed by atoms with van der Waals surface area (Å²) in [6.45, 7) is 2.08. The maximum Gasteiger partial charge on any atom is 0.273 e. The van der Waals surface area contributed by atoms with Crippen LogP contribution < -0.4 is 16.6 Å². The Morgan fingerprint density at radius 3 is 2.61 bits per heavy atom. The lowest BCUT2D eigenvalue weighted by Gasteiger charge is -2.17. The van der Waals surface area contributed by atoms with Gasteiger partial charge in [-0.3, -0.25) is 16.0 Å². The van der Waals surface area contributed by atoms with Crippen molar-refractivity contribution >= 4 is 28.8 Å². The number of non-ortho nitro benzene ring substituents is 1. The van der Waals surface area contributed by atoms with E-state index in [1.807, 2.05) is 6.26 Å². The van der Waals surface area contributed by atoms with Gasteiger partial charge in [-0.1, -0.05) is 6.92 Å². The molecule has 0 bridgehead atoms. The number of benzene rings is 1. The minimum atomic E-state index is -0.429. The van der Waals surface area contributed by atoms with E-state index in [0.29, 0.717) is 11.4 Å². The summed E-state index contributed by atoms with van der Waals surface area (Å²) in [6.07, 6.45) is 2.99. The summed E-state index contributed by atoms with van der Waals surface area (Å²) >= 11 is 1.74. The number of nitrogen functional groups attached to an aromatic ring is 1. The van der Waals surface area contributed by atoms with Crippen LogP contribution in [0.3, 0.4) is 0 Å². The lowest BCUT2D eigenvalue weighted by atomic mass is 10.2. The number of anilines is 2. The van der Waals surface area contributed by atoms with Gasteiger partial charge >= 0.3 is 0 Å². The van der Waals surface area contributed by atoms with E-state index in [2.05, 4.69) is 17.7 Å². The molecule has 100 valence electrons. The average molecular weight is 270 g/mol. The van der Waals surface area contributed by atoms with Gasteiger partial charge in [-0.25, -0.2) is 0 Å². The number of nitrogens with zero attached hydrogens (tertiary/aromatic N) is 1. The van der Waals surface area contributed by atoms with E-state index in [1.54, 1.807) is 17.8 Å². The van der Waals surface area contributed by atoms with E-state index in [1.165, 1.54) is 12.1 Å². The molecule has 0 radical (unpaired) electrons. The minimum absolute atomic E-state index is 0.0203. The van der Waals surface area contributed by atoms with E-state index in [-0.39, 0.29) is 11.7 Å². The summed E-state index contributed by atoms with van der Waals surface area (Å²) in [7, 11) is 0. The molecule has 1 aromatic carbocycles. The highest BCUT2D eigenvalue weighted by Gasteiger charge is 2.12. The number of nitrogens with two attached hydrogens (primary N) is 1. The third-order valence-corrected chi connectivity index (χ3v) is 3.26. The fourth-order valence-electron chi connectivity index (χ4n) is 1.58. The number of hydrazine groups is 1. The van der Waals surface area contributed by atoms with E-state index in [4.69, 9.17) is 5.84 Å². The third kappa shape index (κ3) is 4.08. The molecule has 0 saturated carbocycles. The van der Waals surface area contributed by atoms with Gasteiger partial charge in [-0.2, -0.15) is 11.8 Å². The molecule has 0 heterocycles. The van der Waals surface area contributed by atoms with Crippen molar-refractivity contribution in [3.05, 3.63) is 28.3 Å². The quantitative estimate of drug-likeness (QED) is 0.400. The van der Waals surface area contributed by atoms with Crippen LogP contribution >= 0.6 is 11.8 Å². The lowest BCUT2D eigenvalue weighted by molar-refractivity contribution is -0.384. The molecule has 1 unspecified atom stereocenters. The summed E-state index contributed by atoms with van der Waals surface area (Å²) in [4.78, 5) is 10.4. The molecule has 4 N–H and O–H groups in total. The molecular weight excluding hydrogens is 252 g/mol. The molecule has 0 aliphatic heterocycles. The number of rotatable bonds is 7. The van der Waals surface area contributed by atoms with Gasteiger partial charge in [0.25, 0.3) is 5.69 Å². The highest BCUT2D eigenvalue weighted by Crippen LogP contribution is 2.24. The van der Waals surface area contributed by atoms with Crippen LogP contribution in [-0.4, -0.2) is 23.0 Å². The second kappa shape index (κ2) is 7.07. The van der Waals surface area contributed by atoms with Crippen molar-refractivity contribution in [2.75, 3.05) is 22.8 Å². The average Bonchev–Trinajstić information content (AvgIpc) is 2.37. The van der Waals surface area contributed by atoms with E-state index >= 15 is 0 Å². The molecular formula is C11H18N4O2S.